The molecule has 0 fully saturated rings. The smallest absolute Gasteiger partial charge is 0.155 e. The average molecular weight is 175 g/mol. The minimum Gasteiger partial charge on any atom is -0.496 e. The lowest BCUT2D eigenvalue weighted by atomic mass is 10.1. The fourth-order valence-corrected chi connectivity index (χ4v) is 1.43. The monoisotopic (exact) mass is 175 g/mol. The first-order valence-corrected chi connectivity index (χ1v) is 3.96. The normalized spacial score (nSPS) is 10.2. The van der Waals surface area contributed by atoms with Crippen LogP contribution in [0.4, 0.5) is 0 Å². The Hall–Kier alpha value is -1.77. The van der Waals surface area contributed by atoms with Crippen LogP contribution < -0.4 is 4.74 Å². The number of hydrogen-bond donors (Lipinski definition) is 1. The number of ether oxygens (including phenoxy) is 1. The van der Waals surface area contributed by atoms with Crippen LogP contribution in [-0.4, -0.2) is 18.4 Å². The Morgan fingerprint density at radius 1 is 1.38 bits per heavy atom. The molecule has 0 aliphatic rings. The van der Waals surface area contributed by atoms with Crippen molar-refractivity contribution in [2.45, 2.75) is 0 Å². The van der Waals surface area contributed by atoms with Gasteiger partial charge in [-0.2, -0.15) is 0 Å². The van der Waals surface area contributed by atoms with Crippen molar-refractivity contribution in [1.82, 2.24) is 4.98 Å². The first-order chi connectivity index (χ1) is 6.36. The number of nitrogens with one attached hydrogen (secondary N) is 1. The molecule has 0 amide bonds. The van der Waals surface area contributed by atoms with E-state index in [1.807, 2.05) is 12.1 Å². The van der Waals surface area contributed by atoms with Crippen LogP contribution in [0.5, 0.6) is 5.75 Å². The molecule has 1 heterocycles. The molecule has 0 unspecified atom stereocenters. The molecule has 0 radical (unpaired) electrons. The van der Waals surface area contributed by atoms with E-state index in [9.17, 15) is 4.79 Å². The van der Waals surface area contributed by atoms with E-state index in [0.717, 1.165) is 17.2 Å². The molecule has 1 aromatic carbocycles. The van der Waals surface area contributed by atoms with Gasteiger partial charge in [0.15, 0.2) is 6.29 Å². The number of hydrogen-bond acceptors (Lipinski definition) is 2. The van der Waals surface area contributed by atoms with Crippen molar-refractivity contribution in [2.75, 3.05) is 7.11 Å². The molecule has 0 saturated heterocycles. The van der Waals surface area contributed by atoms with Gasteiger partial charge in [-0.3, -0.25) is 4.79 Å². The van der Waals surface area contributed by atoms with Gasteiger partial charge < -0.3 is 9.72 Å². The van der Waals surface area contributed by atoms with E-state index < -0.39 is 0 Å². The van der Waals surface area contributed by atoms with Crippen molar-refractivity contribution in [3.8, 4) is 5.75 Å². The number of carbonyl (C=O) groups excluding carboxylic acids is 1. The Balaban J connectivity index is 2.81. The average Bonchev–Trinajstić information content (AvgIpc) is 2.63. The summed E-state index contributed by atoms with van der Waals surface area (Å²) < 4.78 is 5.06. The third-order valence-electron chi connectivity index (χ3n) is 2.07. The molecule has 3 heteroatoms. The van der Waals surface area contributed by atoms with Crippen molar-refractivity contribution >= 4 is 17.2 Å². The first-order valence-electron chi connectivity index (χ1n) is 3.96. The zero-order chi connectivity index (χ0) is 9.26. The first kappa shape index (κ1) is 7.86. The Bertz CT molecular complexity index is 445. The maximum atomic E-state index is 10.8. The van der Waals surface area contributed by atoms with Gasteiger partial charge in [-0.25, -0.2) is 0 Å². The highest BCUT2D eigenvalue weighted by Gasteiger charge is 2.07. The SMILES string of the molecule is COc1ccc2cc[nH]c2c1C=O. The van der Waals surface area contributed by atoms with Crippen molar-refractivity contribution in [2.24, 2.45) is 0 Å². The van der Waals surface area contributed by atoms with Crippen LogP contribution in [0.2, 0.25) is 0 Å². The summed E-state index contributed by atoms with van der Waals surface area (Å²) in [6, 6.07) is 5.62. The number of methoxy groups -OCH3 is 1. The summed E-state index contributed by atoms with van der Waals surface area (Å²) in [6.45, 7) is 0. The van der Waals surface area contributed by atoms with Crippen molar-refractivity contribution in [3.05, 3.63) is 30.0 Å². The zero-order valence-electron chi connectivity index (χ0n) is 7.20. The number of fused-ring (bicyclic) bond motifs is 1. The largest absolute Gasteiger partial charge is 0.496 e. The molecule has 0 aliphatic carbocycles. The van der Waals surface area contributed by atoms with Gasteiger partial charge in [-0.05, 0) is 18.2 Å². The molecular weight excluding hydrogens is 166 g/mol. The summed E-state index contributed by atoms with van der Waals surface area (Å²) in [4.78, 5) is 13.8. The number of aldehydes is 1. The highest BCUT2D eigenvalue weighted by atomic mass is 16.5. The highest BCUT2D eigenvalue weighted by molar-refractivity contribution is 5.98. The van der Waals surface area contributed by atoms with Gasteiger partial charge in [0.05, 0.1) is 18.2 Å². The lowest BCUT2D eigenvalue weighted by Crippen LogP contribution is -1.91. The van der Waals surface area contributed by atoms with E-state index in [1.54, 1.807) is 19.4 Å². The Morgan fingerprint density at radius 2 is 2.23 bits per heavy atom. The van der Waals surface area contributed by atoms with E-state index in [1.165, 1.54) is 0 Å². The lowest BCUT2D eigenvalue weighted by Gasteiger charge is -2.03. The number of H-pyrrole nitrogens is 1. The molecular formula is C10H9NO2. The van der Waals surface area contributed by atoms with Crippen LogP contribution in [0.1, 0.15) is 10.4 Å². The van der Waals surface area contributed by atoms with Crippen LogP contribution in [0.25, 0.3) is 10.9 Å². The minimum atomic E-state index is 0.574. The van der Waals surface area contributed by atoms with Gasteiger partial charge in [-0.15, -0.1) is 0 Å². The van der Waals surface area contributed by atoms with Gasteiger partial charge in [0.2, 0.25) is 0 Å². The van der Waals surface area contributed by atoms with Gasteiger partial charge in [-0.1, -0.05) is 0 Å². The van der Waals surface area contributed by atoms with E-state index in [0.29, 0.717) is 11.3 Å². The highest BCUT2D eigenvalue weighted by Crippen LogP contribution is 2.24. The number of aromatic amines is 1. The van der Waals surface area contributed by atoms with Crippen LogP contribution in [-0.2, 0) is 0 Å². The zero-order valence-corrected chi connectivity index (χ0v) is 7.20. The molecule has 1 N–H and O–H groups in total. The number of benzene rings is 1. The summed E-state index contributed by atoms with van der Waals surface area (Å²) in [6.07, 6.45) is 2.61. The molecule has 3 nitrogen and oxygen atoms in total. The second-order valence-corrected chi connectivity index (χ2v) is 2.74. The summed E-state index contributed by atoms with van der Waals surface area (Å²) in [5.41, 5.74) is 1.40. The molecule has 13 heavy (non-hydrogen) atoms. The molecule has 0 atom stereocenters. The molecule has 2 aromatic rings. The lowest BCUT2D eigenvalue weighted by molar-refractivity contribution is 0.112. The summed E-state index contributed by atoms with van der Waals surface area (Å²) >= 11 is 0. The molecule has 2 rings (SSSR count). The van der Waals surface area contributed by atoms with Crippen molar-refractivity contribution in [3.63, 3.8) is 0 Å². The van der Waals surface area contributed by atoms with E-state index in [4.69, 9.17) is 4.74 Å². The predicted octanol–water partition coefficient (Wildman–Crippen LogP) is 1.99. The second kappa shape index (κ2) is 2.94. The summed E-state index contributed by atoms with van der Waals surface area (Å²) in [5.74, 6) is 0.602. The topological polar surface area (TPSA) is 42.1 Å². The number of rotatable bonds is 2. The van der Waals surface area contributed by atoms with Gasteiger partial charge in [0.25, 0.3) is 0 Å². The third kappa shape index (κ3) is 1.09. The van der Waals surface area contributed by atoms with E-state index in [2.05, 4.69) is 4.98 Å². The molecule has 0 spiro atoms. The number of aromatic nitrogens is 1. The maximum absolute atomic E-state index is 10.8. The molecule has 66 valence electrons. The Kier molecular flexibility index (Phi) is 1.77. The molecule has 0 saturated carbocycles. The van der Waals surface area contributed by atoms with Crippen molar-refractivity contribution < 1.29 is 9.53 Å². The van der Waals surface area contributed by atoms with E-state index in [-0.39, 0.29) is 0 Å². The quantitative estimate of drug-likeness (QED) is 0.709. The van der Waals surface area contributed by atoms with Crippen LogP contribution in [0, 0.1) is 0 Å². The van der Waals surface area contributed by atoms with Crippen molar-refractivity contribution in [1.29, 1.82) is 0 Å². The Morgan fingerprint density at radius 3 is 2.92 bits per heavy atom. The second-order valence-electron chi connectivity index (χ2n) is 2.74. The van der Waals surface area contributed by atoms with Gasteiger partial charge >= 0.3 is 0 Å². The summed E-state index contributed by atoms with van der Waals surface area (Å²) in [5, 5.41) is 1.02. The maximum Gasteiger partial charge on any atom is 0.155 e. The minimum absolute atomic E-state index is 0.574. The number of carbonyl (C=O) groups is 1. The van der Waals surface area contributed by atoms with Gasteiger partial charge in [0.1, 0.15) is 5.75 Å². The molecule has 0 bridgehead atoms. The standard InChI is InChI=1S/C10H9NO2/c1-13-9-3-2-7-4-5-11-10(7)8(9)6-12/h2-6,11H,1H3. The molecule has 1 aromatic heterocycles. The predicted molar refractivity (Wildman–Crippen MR) is 50.2 cm³/mol. The van der Waals surface area contributed by atoms with Crippen LogP contribution in [0.3, 0.4) is 0 Å². The fraction of sp³-hybridized carbons (Fsp3) is 0.100. The third-order valence-corrected chi connectivity index (χ3v) is 2.07. The summed E-state index contributed by atoms with van der Waals surface area (Å²) in [7, 11) is 1.55. The fourth-order valence-electron chi connectivity index (χ4n) is 1.43. The van der Waals surface area contributed by atoms with Gasteiger partial charge in [0, 0.05) is 11.6 Å². The van der Waals surface area contributed by atoms with Crippen LogP contribution >= 0.6 is 0 Å². The van der Waals surface area contributed by atoms with E-state index >= 15 is 0 Å². The Labute approximate surface area is 75.3 Å². The molecule has 0 aliphatic heterocycles. The van der Waals surface area contributed by atoms with Crippen LogP contribution in [0.15, 0.2) is 24.4 Å².